The lowest BCUT2D eigenvalue weighted by Crippen LogP contribution is -2.47. The lowest BCUT2D eigenvalue weighted by molar-refractivity contribution is -0.137. The second-order valence-corrected chi connectivity index (χ2v) is 9.24. The van der Waals surface area contributed by atoms with Gasteiger partial charge in [0.25, 0.3) is 0 Å². The molecule has 0 saturated heterocycles. The second-order valence-electron chi connectivity index (χ2n) is 9.24. The molecule has 0 atom stereocenters. The van der Waals surface area contributed by atoms with Gasteiger partial charge in [-0.3, -0.25) is 24.3 Å². The summed E-state index contributed by atoms with van der Waals surface area (Å²) in [5.41, 5.74) is 6.66. The number of carbonyl (C=O) groups is 3. The van der Waals surface area contributed by atoms with Crippen LogP contribution in [0.5, 0.6) is 5.75 Å². The van der Waals surface area contributed by atoms with Crippen molar-refractivity contribution in [3.63, 3.8) is 0 Å². The van der Waals surface area contributed by atoms with E-state index in [-0.39, 0.29) is 54.9 Å². The van der Waals surface area contributed by atoms with Crippen molar-refractivity contribution in [1.29, 1.82) is 0 Å². The number of anilines is 2. The van der Waals surface area contributed by atoms with Crippen molar-refractivity contribution in [3.05, 3.63) is 48.3 Å². The summed E-state index contributed by atoms with van der Waals surface area (Å²) < 4.78 is 6.00. The lowest BCUT2D eigenvalue weighted by atomic mass is 9.90. The van der Waals surface area contributed by atoms with Crippen molar-refractivity contribution in [2.75, 3.05) is 43.1 Å². The molecule has 3 amide bonds. The summed E-state index contributed by atoms with van der Waals surface area (Å²) in [5.74, 6) is -0.163. The van der Waals surface area contributed by atoms with Gasteiger partial charge in [-0.25, -0.2) is 0 Å². The van der Waals surface area contributed by atoms with Crippen LogP contribution in [-0.4, -0.2) is 60.9 Å². The molecule has 2 heterocycles. The molecule has 212 valence electrons. The summed E-state index contributed by atoms with van der Waals surface area (Å²) in [4.78, 5) is 46.7. The van der Waals surface area contributed by atoms with E-state index in [4.69, 9.17) is 10.5 Å². The zero-order valence-electron chi connectivity index (χ0n) is 22.2. The maximum atomic E-state index is 13.0. The predicted molar refractivity (Wildman–Crippen MR) is 157 cm³/mol. The number of aromatic nitrogens is 1. The van der Waals surface area contributed by atoms with E-state index in [1.54, 1.807) is 38.2 Å². The topological polar surface area (TPSA) is 109 Å². The van der Waals surface area contributed by atoms with Gasteiger partial charge in [0.1, 0.15) is 11.2 Å². The average Bonchev–Trinajstić information content (AvgIpc) is 2.89. The molecule has 1 aromatic carbocycles. The Labute approximate surface area is 243 Å². The number of hydrogen-bond donors (Lipinski definition) is 1. The molecule has 0 radical (unpaired) electrons. The summed E-state index contributed by atoms with van der Waals surface area (Å²) in [7, 11) is 1.69. The van der Waals surface area contributed by atoms with E-state index in [1.807, 2.05) is 37.3 Å². The Morgan fingerprint density at radius 1 is 1.03 bits per heavy atom. The van der Waals surface area contributed by atoms with E-state index in [2.05, 4.69) is 9.88 Å². The summed E-state index contributed by atoms with van der Waals surface area (Å²) in [6.45, 7) is 8.14. The number of halogens is 3. The van der Waals surface area contributed by atoms with Gasteiger partial charge in [-0.15, -0.1) is 37.2 Å². The molecule has 1 aromatic heterocycles. The van der Waals surface area contributed by atoms with E-state index < -0.39 is 5.41 Å². The largest absolute Gasteiger partial charge is 0.493 e. The molecule has 9 nitrogen and oxygen atoms in total. The number of nitrogens with zero attached hydrogens (tertiary/aromatic N) is 4. The maximum Gasteiger partial charge on any atom is 0.242 e. The van der Waals surface area contributed by atoms with Crippen LogP contribution >= 0.6 is 37.2 Å². The van der Waals surface area contributed by atoms with Crippen molar-refractivity contribution < 1.29 is 19.1 Å². The molecular weight excluding hydrogens is 553 g/mol. The zero-order valence-corrected chi connectivity index (χ0v) is 24.7. The fraction of sp³-hybridized carbons (Fsp3) is 0.462. The normalized spacial score (nSPS) is 14.0. The summed E-state index contributed by atoms with van der Waals surface area (Å²) in [6.07, 6.45) is 4.53. The number of pyridine rings is 1. The summed E-state index contributed by atoms with van der Waals surface area (Å²) in [6, 6.07) is 9.37. The molecule has 0 bridgehead atoms. The van der Waals surface area contributed by atoms with Crippen LogP contribution < -0.4 is 20.3 Å². The number of benzene rings is 1. The van der Waals surface area contributed by atoms with Crippen LogP contribution in [0, 0.1) is 5.41 Å². The van der Waals surface area contributed by atoms with Crippen molar-refractivity contribution in [2.45, 2.75) is 40.2 Å². The van der Waals surface area contributed by atoms with Gasteiger partial charge in [0, 0.05) is 58.1 Å². The predicted octanol–water partition coefficient (Wildman–Crippen LogP) is 3.85. The van der Waals surface area contributed by atoms with Gasteiger partial charge in [0.15, 0.2) is 0 Å². The molecule has 12 heteroatoms. The Kier molecular flexibility index (Phi) is 14.7. The Morgan fingerprint density at radius 2 is 1.68 bits per heavy atom. The zero-order chi connectivity index (χ0) is 25.6. The van der Waals surface area contributed by atoms with Crippen LogP contribution in [0.2, 0.25) is 0 Å². The van der Waals surface area contributed by atoms with Gasteiger partial charge in [-0.1, -0.05) is 0 Å². The minimum Gasteiger partial charge on any atom is -0.493 e. The second kappa shape index (κ2) is 15.7. The molecule has 0 unspecified atom stereocenters. The van der Waals surface area contributed by atoms with E-state index in [1.165, 1.54) is 4.90 Å². The molecule has 2 aromatic rings. The minimum atomic E-state index is -1.14. The van der Waals surface area contributed by atoms with E-state index in [0.717, 1.165) is 18.5 Å². The first kappa shape index (κ1) is 35.4. The Morgan fingerprint density at radius 3 is 2.29 bits per heavy atom. The molecule has 0 aliphatic carbocycles. The Balaban J connectivity index is 0.00000456. The SMILES string of the molecule is CCN1C(=O)C(C)(C)C(=O)N(C)c2cc(OCCCN(CCC(N)=O)Cc3ccncc3)ccc21.Cl.Cl.Cl. The van der Waals surface area contributed by atoms with Crippen LogP contribution in [-0.2, 0) is 20.9 Å². The summed E-state index contributed by atoms with van der Waals surface area (Å²) >= 11 is 0. The number of ether oxygens (including phenoxy) is 1. The third-order valence-electron chi connectivity index (χ3n) is 6.25. The van der Waals surface area contributed by atoms with Gasteiger partial charge in [-0.05, 0) is 57.0 Å². The Hall–Kier alpha value is -2.59. The maximum absolute atomic E-state index is 13.0. The number of carbonyl (C=O) groups excluding carboxylic acids is 3. The number of fused-ring (bicyclic) bond motifs is 1. The molecule has 1 aliphatic rings. The highest BCUT2D eigenvalue weighted by Gasteiger charge is 2.45. The third kappa shape index (κ3) is 8.46. The molecule has 2 N–H and O–H groups in total. The number of primary amides is 1. The third-order valence-corrected chi connectivity index (χ3v) is 6.25. The van der Waals surface area contributed by atoms with Crippen LogP contribution in [0.25, 0.3) is 0 Å². The molecule has 1 aliphatic heterocycles. The van der Waals surface area contributed by atoms with Crippen LogP contribution in [0.3, 0.4) is 0 Å². The fourth-order valence-electron chi connectivity index (χ4n) is 4.23. The van der Waals surface area contributed by atoms with Crippen molar-refractivity contribution in [2.24, 2.45) is 11.1 Å². The lowest BCUT2D eigenvalue weighted by Gasteiger charge is -2.27. The van der Waals surface area contributed by atoms with Gasteiger partial charge in [0.2, 0.25) is 17.7 Å². The number of nitrogens with two attached hydrogens (primary N) is 1. The molecular formula is C26H38Cl3N5O4. The smallest absolute Gasteiger partial charge is 0.242 e. The van der Waals surface area contributed by atoms with Gasteiger partial charge in [-0.2, -0.15) is 0 Å². The highest BCUT2D eigenvalue weighted by molar-refractivity contribution is 6.20. The monoisotopic (exact) mass is 589 g/mol. The number of hydrogen-bond acceptors (Lipinski definition) is 6. The molecule has 0 fully saturated rings. The van der Waals surface area contributed by atoms with E-state index in [0.29, 0.717) is 49.8 Å². The van der Waals surface area contributed by atoms with Gasteiger partial charge >= 0.3 is 0 Å². The molecule has 0 spiro atoms. The van der Waals surface area contributed by atoms with Crippen molar-refractivity contribution in [3.8, 4) is 5.75 Å². The first-order valence-corrected chi connectivity index (χ1v) is 11.9. The van der Waals surface area contributed by atoms with Crippen LogP contribution in [0.4, 0.5) is 11.4 Å². The highest BCUT2D eigenvalue weighted by atomic mass is 35.5. The molecule has 3 rings (SSSR count). The summed E-state index contributed by atoms with van der Waals surface area (Å²) in [5, 5.41) is 0. The van der Waals surface area contributed by atoms with Gasteiger partial charge in [0.05, 0.1) is 18.0 Å². The quantitative estimate of drug-likeness (QED) is 0.315. The average molecular weight is 591 g/mol. The number of rotatable bonds is 11. The minimum absolute atomic E-state index is 0. The van der Waals surface area contributed by atoms with E-state index in [9.17, 15) is 14.4 Å². The fourth-order valence-corrected chi connectivity index (χ4v) is 4.23. The van der Waals surface area contributed by atoms with Gasteiger partial charge < -0.3 is 20.3 Å². The van der Waals surface area contributed by atoms with Crippen molar-refractivity contribution >= 4 is 66.3 Å². The molecule has 0 saturated carbocycles. The molecule has 38 heavy (non-hydrogen) atoms. The first-order chi connectivity index (χ1) is 16.6. The standard InChI is InChI=1S/C26H35N5O4.3ClH/c1-5-31-21-8-7-20(17-22(21)29(4)24(33)26(2,3)25(31)34)35-16-6-14-30(15-11-23(27)32)18-19-9-12-28-13-10-19;;;/h7-10,12-13,17H,5-6,11,14-16,18H2,1-4H3,(H2,27,32);3*1H. The first-order valence-electron chi connectivity index (χ1n) is 11.9. The van der Waals surface area contributed by atoms with Crippen LogP contribution in [0.15, 0.2) is 42.7 Å². The highest BCUT2D eigenvalue weighted by Crippen LogP contribution is 2.40. The van der Waals surface area contributed by atoms with E-state index >= 15 is 0 Å². The Bertz CT molecular complexity index is 1070. The van der Waals surface area contributed by atoms with Crippen LogP contribution in [0.1, 0.15) is 39.2 Å². The number of amides is 3. The van der Waals surface area contributed by atoms with Crippen molar-refractivity contribution in [1.82, 2.24) is 9.88 Å².